The smallest absolute Gasteiger partial charge is 0.415 e. The fourth-order valence-corrected chi connectivity index (χ4v) is 3.17. The van der Waals surface area contributed by atoms with Gasteiger partial charge >= 0.3 is 18.2 Å². The standard InChI is InChI=1S/C27H35N3O6/c1-20(28)30(26(33)35-19-22-14-9-6-10-15-22)17-11-16-23(29-25(32)36-27(2,3)4)24(31)34-18-21-12-7-5-8-13-21/h5-10,12-15,23,28H,11,16-19H2,1-4H3,(H,29,32)/t23-/m0/s1. The minimum Gasteiger partial charge on any atom is -0.459 e. The molecule has 0 fully saturated rings. The number of amidine groups is 1. The third kappa shape index (κ3) is 10.6. The molecule has 0 heterocycles. The molecular weight excluding hydrogens is 462 g/mol. The molecule has 9 nitrogen and oxygen atoms in total. The van der Waals surface area contributed by atoms with Gasteiger partial charge in [-0.3, -0.25) is 10.3 Å². The van der Waals surface area contributed by atoms with E-state index in [9.17, 15) is 14.4 Å². The number of benzene rings is 2. The number of carbonyl (C=O) groups excluding carboxylic acids is 3. The zero-order valence-corrected chi connectivity index (χ0v) is 21.3. The maximum atomic E-state index is 12.8. The van der Waals surface area contributed by atoms with Crippen molar-refractivity contribution in [2.75, 3.05) is 6.54 Å². The van der Waals surface area contributed by atoms with Crippen LogP contribution in [-0.2, 0) is 32.2 Å². The Morgan fingerprint density at radius 3 is 1.94 bits per heavy atom. The Labute approximate surface area is 212 Å². The minimum absolute atomic E-state index is 0.0105. The van der Waals surface area contributed by atoms with Gasteiger partial charge in [0.1, 0.15) is 30.7 Å². The second-order valence-corrected chi connectivity index (χ2v) is 9.21. The first kappa shape index (κ1) is 28.4. The van der Waals surface area contributed by atoms with Gasteiger partial charge in [-0.2, -0.15) is 0 Å². The summed E-state index contributed by atoms with van der Waals surface area (Å²) in [6.07, 6.45) is -0.929. The molecule has 0 aliphatic rings. The van der Waals surface area contributed by atoms with Crippen molar-refractivity contribution in [1.29, 1.82) is 5.41 Å². The molecule has 0 spiro atoms. The summed E-state index contributed by atoms with van der Waals surface area (Å²) in [7, 11) is 0. The van der Waals surface area contributed by atoms with E-state index in [1.807, 2.05) is 60.7 Å². The van der Waals surface area contributed by atoms with E-state index < -0.39 is 29.8 Å². The third-order valence-corrected chi connectivity index (χ3v) is 4.90. The van der Waals surface area contributed by atoms with Crippen LogP contribution in [0.1, 0.15) is 51.7 Å². The molecule has 2 rings (SSSR count). The lowest BCUT2D eigenvalue weighted by atomic mass is 10.1. The SMILES string of the molecule is CC(=N)N(CCC[C@H](NC(=O)OC(C)(C)C)C(=O)OCc1ccccc1)C(=O)OCc1ccccc1. The molecule has 9 heteroatoms. The number of rotatable bonds is 10. The normalized spacial score (nSPS) is 11.7. The van der Waals surface area contributed by atoms with Crippen molar-refractivity contribution in [3.63, 3.8) is 0 Å². The second-order valence-electron chi connectivity index (χ2n) is 9.21. The number of alkyl carbamates (subject to hydrolysis) is 1. The van der Waals surface area contributed by atoms with E-state index in [1.165, 1.54) is 11.8 Å². The highest BCUT2D eigenvalue weighted by Crippen LogP contribution is 2.11. The summed E-state index contributed by atoms with van der Waals surface area (Å²) in [5, 5.41) is 10.5. The molecule has 2 N–H and O–H groups in total. The summed E-state index contributed by atoms with van der Waals surface area (Å²) < 4.78 is 16.0. The quantitative estimate of drug-likeness (QED) is 0.205. The molecule has 2 amide bonds. The first-order valence-corrected chi connectivity index (χ1v) is 11.8. The zero-order chi connectivity index (χ0) is 26.6. The monoisotopic (exact) mass is 497 g/mol. The lowest BCUT2D eigenvalue weighted by molar-refractivity contribution is -0.147. The van der Waals surface area contributed by atoms with Gasteiger partial charge in [-0.25, -0.2) is 14.4 Å². The topological polar surface area (TPSA) is 118 Å². The van der Waals surface area contributed by atoms with Crippen molar-refractivity contribution in [3.05, 3.63) is 71.8 Å². The van der Waals surface area contributed by atoms with Crippen LogP contribution in [0.5, 0.6) is 0 Å². The molecule has 0 unspecified atom stereocenters. The number of hydrogen-bond donors (Lipinski definition) is 2. The van der Waals surface area contributed by atoms with E-state index >= 15 is 0 Å². The Morgan fingerprint density at radius 1 is 0.917 bits per heavy atom. The summed E-state index contributed by atoms with van der Waals surface area (Å²) in [6, 6.07) is 17.4. The molecule has 2 aromatic rings. The highest BCUT2D eigenvalue weighted by Gasteiger charge is 2.26. The average Bonchev–Trinajstić information content (AvgIpc) is 2.83. The van der Waals surface area contributed by atoms with Gasteiger partial charge in [0.15, 0.2) is 0 Å². The van der Waals surface area contributed by atoms with Crippen molar-refractivity contribution in [1.82, 2.24) is 10.2 Å². The zero-order valence-electron chi connectivity index (χ0n) is 21.3. The number of amides is 2. The fraction of sp³-hybridized carbons (Fsp3) is 0.407. The van der Waals surface area contributed by atoms with E-state index in [1.54, 1.807) is 20.8 Å². The Balaban J connectivity index is 1.96. The van der Waals surface area contributed by atoms with Gasteiger partial charge in [-0.1, -0.05) is 60.7 Å². The molecule has 0 aliphatic heterocycles. The first-order valence-electron chi connectivity index (χ1n) is 11.8. The van der Waals surface area contributed by atoms with E-state index in [0.29, 0.717) is 6.42 Å². The molecule has 0 saturated carbocycles. The highest BCUT2D eigenvalue weighted by molar-refractivity contribution is 5.92. The largest absolute Gasteiger partial charge is 0.459 e. The van der Waals surface area contributed by atoms with Crippen LogP contribution in [0.15, 0.2) is 60.7 Å². The molecule has 0 saturated heterocycles. The average molecular weight is 498 g/mol. The summed E-state index contributed by atoms with van der Waals surface area (Å²) in [6.45, 7) is 6.92. The molecule has 0 aromatic heterocycles. The Kier molecular flexibility index (Phi) is 10.9. The summed E-state index contributed by atoms with van der Waals surface area (Å²) in [5.74, 6) is -0.606. The van der Waals surface area contributed by atoms with E-state index in [0.717, 1.165) is 11.1 Å². The number of carbonyl (C=O) groups is 3. The molecule has 0 aliphatic carbocycles. The maximum absolute atomic E-state index is 12.8. The second kappa shape index (κ2) is 13.9. The van der Waals surface area contributed by atoms with Crippen LogP contribution in [-0.4, -0.2) is 47.1 Å². The van der Waals surface area contributed by atoms with Crippen LogP contribution >= 0.6 is 0 Å². The van der Waals surface area contributed by atoms with Crippen molar-refractivity contribution in [2.45, 2.75) is 65.4 Å². The highest BCUT2D eigenvalue weighted by atomic mass is 16.6. The summed E-state index contributed by atoms with van der Waals surface area (Å²) in [5.41, 5.74) is 0.906. The number of hydrogen-bond acceptors (Lipinski definition) is 7. The van der Waals surface area contributed by atoms with E-state index in [-0.39, 0.29) is 32.0 Å². The van der Waals surface area contributed by atoms with Crippen molar-refractivity contribution >= 4 is 24.0 Å². The fourth-order valence-electron chi connectivity index (χ4n) is 3.17. The van der Waals surface area contributed by atoms with Crippen molar-refractivity contribution < 1.29 is 28.6 Å². The molecule has 36 heavy (non-hydrogen) atoms. The Morgan fingerprint density at radius 2 is 1.44 bits per heavy atom. The van der Waals surface area contributed by atoms with Gasteiger partial charge in [0, 0.05) is 6.54 Å². The van der Waals surface area contributed by atoms with E-state index in [2.05, 4.69) is 5.32 Å². The van der Waals surface area contributed by atoms with Gasteiger partial charge < -0.3 is 19.5 Å². The van der Waals surface area contributed by atoms with Crippen LogP contribution < -0.4 is 5.32 Å². The number of nitrogens with one attached hydrogen (secondary N) is 2. The van der Waals surface area contributed by atoms with Gasteiger partial charge in [0.05, 0.1) is 0 Å². The molecular formula is C27H35N3O6. The van der Waals surface area contributed by atoms with Gasteiger partial charge in [-0.05, 0) is 51.7 Å². The van der Waals surface area contributed by atoms with Crippen molar-refractivity contribution in [3.8, 4) is 0 Å². The van der Waals surface area contributed by atoms with Crippen LogP contribution in [0.3, 0.4) is 0 Å². The number of nitrogens with zero attached hydrogens (tertiary/aromatic N) is 1. The first-order chi connectivity index (χ1) is 17.0. The molecule has 194 valence electrons. The molecule has 0 bridgehead atoms. The Bertz CT molecular complexity index is 1010. The maximum Gasteiger partial charge on any atom is 0.415 e. The van der Waals surface area contributed by atoms with Crippen LogP contribution in [0, 0.1) is 5.41 Å². The molecule has 1 atom stereocenters. The number of ether oxygens (including phenoxy) is 3. The third-order valence-electron chi connectivity index (χ3n) is 4.90. The predicted octanol–water partition coefficient (Wildman–Crippen LogP) is 5.04. The molecule has 2 aromatic carbocycles. The van der Waals surface area contributed by atoms with Crippen LogP contribution in [0.4, 0.5) is 9.59 Å². The lowest BCUT2D eigenvalue weighted by Crippen LogP contribution is -2.45. The van der Waals surface area contributed by atoms with Crippen LogP contribution in [0.2, 0.25) is 0 Å². The molecule has 0 radical (unpaired) electrons. The van der Waals surface area contributed by atoms with E-state index in [4.69, 9.17) is 19.6 Å². The van der Waals surface area contributed by atoms with Gasteiger partial charge in [0.25, 0.3) is 0 Å². The van der Waals surface area contributed by atoms with Crippen molar-refractivity contribution in [2.24, 2.45) is 0 Å². The van der Waals surface area contributed by atoms with Crippen LogP contribution in [0.25, 0.3) is 0 Å². The Hall–Kier alpha value is -3.88. The summed E-state index contributed by atoms with van der Waals surface area (Å²) in [4.78, 5) is 38.8. The lowest BCUT2D eigenvalue weighted by Gasteiger charge is -2.24. The summed E-state index contributed by atoms with van der Waals surface area (Å²) >= 11 is 0. The van der Waals surface area contributed by atoms with Gasteiger partial charge in [-0.15, -0.1) is 0 Å². The predicted molar refractivity (Wildman–Crippen MR) is 135 cm³/mol. The van der Waals surface area contributed by atoms with Gasteiger partial charge in [0.2, 0.25) is 0 Å². The minimum atomic E-state index is -0.989. The number of esters is 1.